The summed E-state index contributed by atoms with van der Waals surface area (Å²) in [6.45, 7) is 1.16. The lowest BCUT2D eigenvalue weighted by Gasteiger charge is -2.26. The van der Waals surface area contributed by atoms with Crippen molar-refractivity contribution >= 4 is 29.1 Å². The molecule has 158 valence electrons. The number of benzene rings is 2. The van der Waals surface area contributed by atoms with Gasteiger partial charge in [-0.05, 0) is 69.0 Å². The van der Waals surface area contributed by atoms with Gasteiger partial charge in [0.15, 0.2) is 0 Å². The molecule has 1 fully saturated rings. The Hall–Kier alpha value is -2.83. The Labute approximate surface area is 181 Å². The van der Waals surface area contributed by atoms with Gasteiger partial charge in [-0.1, -0.05) is 23.7 Å². The normalized spacial score (nSPS) is 18.3. The van der Waals surface area contributed by atoms with E-state index in [-0.39, 0.29) is 11.3 Å². The third-order valence-electron chi connectivity index (χ3n) is 5.07. The van der Waals surface area contributed by atoms with Gasteiger partial charge < -0.3 is 19.6 Å². The topological polar surface area (TPSA) is 70.1 Å². The van der Waals surface area contributed by atoms with Crippen molar-refractivity contribution < 1.29 is 19.4 Å². The Kier molecular flexibility index (Phi) is 6.80. The number of nitrogens with zero attached hydrogens (tertiary/aromatic N) is 2. The highest BCUT2D eigenvalue weighted by atomic mass is 35.5. The predicted molar refractivity (Wildman–Crippen MR) is 117 cm³/mol. The Morgan fingerprint density at radius 2 is 1.87 bits per heavy atom. The van der Waals surface area contributed by atoms with Crippen LogP contribution in [-0.2, 0) is 9.59 Å². The third-order valence-corrected chi connectivity index (χ3v) is 5.32. The van der Waals surface area contributed by atoms with Gasteiger partial charge in [-0.3, -0.25) is 9.59 Å². The van der Waals surface area contributed by atoms with Gasteiger partial charge in [-0.2, -0.15) is 0 Å². The minimum atomic E-state index is -0.696. The van der Waals surface area contributed by atoms with Gasteiger partial charge in [0.2, 0.25) is 0 Å². The second kappa shape index (κ2) is 9.32. The van der Waals surface area contributed by atoms with Crippen molar-refractivity contribution in [1.82, 2.24) is 9.80 Å². The Balaban J connectivity index is 2.10. The molecule has 6 nitrogen and oxygen atoms in total. The zero-order chi connectivity index (χ0) is 21.8. The lowest BCUT2D eigenvalue weighted by molar-refractivity contribution is -0.139. The molecule has 1 heterocycles. The minimum Gasteiger partial charge on any atom is -0.507 e. The maximum Gasteiger partial charge on any atom is 0.295 e. The molecule has 0 radical (unpaired) electrons. The molecule has 2 aromatic carbocycles. The molecule has 1 aliphatic heterocycles. The molecule has 2 aromatic rings. The second-order valence-corrected chi connectivity index (χ2v) is 7.87. The summed E-state index contributed by atoms with van der Waals surface area (Å²) >= 11 is 5.95. The molecule has 0 saturated carbocycles. The van der Waals surface area contributed by atoms with E-state index >= 15 is 0 Å². The van der Waals surface area contributed by atoms with E-state index in [0.29, 0.717) is 34.9 Å². The zero-order valence-corrected chi connectivity index (χ0v) is 18.0. The fourth-order valence-electron chi connectivity index (χ4n) is 3.59. The first-order valence-corrected chi connectivity index (χ1v) is 10.0. The number of ether oxygens (including phenoxy) is 1. The first-order valence-electron chi connectivity index (χ1n) is 9.66. The first-order chi connectivity index (χ1) is 14.3. The summed E-state index contributed by atoms with van der Waals surface area (Å²) < 4.78 is 5.32. The number of carbonyl (C=O) groups excluding carboxylic acids is 2. The largest absolute Gasteiger partial charge is 0.507 e. The number of aliphatic hydroxyl groups excluding tert-OH is 1. The van der Waals surface area contributed by atoms with E-state index in [1.165, 1.54) is 4.90 Å². The second-order valence-electron chi connectivity index (χ2n) is 7.43. The number of ketones is 1. The molecule has 1 atom stereocenters. The van der Waals surface area contributed by atoms with Gasteiger partial charge in [0, 0.05) is 17.1 Å². The molecule has 0 unspecified atom stereocenters. The quantitative estimate of drug-likeness (QED) is 0.413. The van der Waals surface area contributed by atoms with Crippen LogP contribution in [0.2, 0.25) is 5.02 Å². The standard InChI is InChI=1S/C23H25ClN2O4/c1-25(2)12-5-13-26-20(16-6-4-7-18(14-16)30-3)19(22(28)23(26)29)21(27)15-8-10-17(24)11-9-15/h4,6-11,14,20,27H,5,12-13H2,1-3H3/b21-19+/t20-/m1/s1. The van der Waals surface area contributed by atoms with Crippen LogP contribution in [0.4, 0.5) is 0 Å². The molecule has 1 N–H and O–H groups in total. The number of rotatable bonds is 7. The van der Waals surface area contributed by atoms with Gasteiger partial charge in [0.25, 0.3) is 11.7 Å². The average Bonchev–Trinajstić information content (AvgIpc) is 2.98. The third kappa shape index (κ3) is 4.50. The Morgan fingerprint density at radius 3 is 2.50 bits per heavy atom. The van der Waals surface area contributed by atoms with Gasteiger partial charge in [-0.25, -0.2) is 0 Å². The summed E-state index contributed by atoms with van der Waals surface area (Å²) in [5, 5.41) is 11.5. The molecule has 30 heavy (non-hydrogen) atoms. The molecule has 1 amide bonds. The van der Waals surface area contributed by atoms with Crippen LogP contribution in [0.3, 0.4) is 0 Å². The van der Waals surface area contributed by atoms with Crippen molar-refractivity contribution in [1.29, 1.82) is 0 Å². The maximum atomic E-state index is 13.0. The zero-order valence-electron chi connectivity index (χ0n) is 17.3. The molecule has 0 aromatic heterocycles. The van der Waals surface area contributed by atoms with Gasteiger partial charge >= 0.3 is 0 Å². The van der Waals surface area contributed by atoms with E-state index in [1.807, 2.05) is 25.1 Å². The molecule has 1 saturated heterocycles. The van der Waals surface area contributed by atoms with Gasteiger partial charge in [-0.15, -0.1) is 0 Å². The number of hydrogen-bond donors (Lipinski definition) is 1. The van der Waals surface area contributed by atoms with Crippen molar-refractivity contribution in [3.05, 3.63) is 70.3 Å². The molecular formula is C23H25ClN2O4. The van der Waals surface area contributed by atoms with Crippen LogP contribution < -0.4 is 4.74 Å². The van der Waals surface area contributed by atoms with Crippen LogP contribution in [0.1, 0.15) is 23.6 Å². The van der Waals surface area contributed by atoms with E-state index in [2.05, 4.69) is 0 Å². The minimum absolute atomic E-state index is 0.0698. The molecule has 7 heteroatoms. The van der Waals surface area contributed by atoms with E-state index in [4.69, 9.17) is 16.3 Å². The molecular weight excluding hydrogens is 404 g/mol. The summed E-state index contributed by atoms with van der Waals surface area (Å²) in [6.07, 6.45) is 0.696. The number of methoxy groups -OCH3 is 1. The smallest absolute Gasteiger partial charge is 0.295 e. The lowest BCUT2D eigenvalue weighted by Crippen LogP contribution is -2.32. The monoisotopic (exact) mass is 428 g/mol. The van der Waals surface area contributed by atoms with Gasteiger partial charge in [0.05, 0.1) is 18.7 Å². The number of amides is 1. The molecule has 0 bridgehead atoms. The maximum absolute atomic E-state index is 13.0. The van der Waals surface area contributed by atoms with Crippen molar-refractivity contribution in [2.45, 2.75) is 12.5 Å². The predicted octanol–water partition coefficient (Wildman–Crippen LogP) is 3.72. The highest BCUT2D eigenvalue weighted by Crippen LogP contribution is 2.40. The number of Topliss-reactive ketones (excluding diaryl/α,β-unsaturated/α-hetero) is 1. The van der Waals surface area contributed by atoms with Crippen LogP contribution in [0, 0.1) is 0 Å². The Bertz CT molecular complexity index is 969. The van der Waals surface area contributed by atoms with Crippen LogP contribution >= 0.6 is 11.6 Å². The lowest BCUT2D eigenvalue weighted by atomic mass is 9.95. The van der Waals surface area contributed by atoms with Crippen LogP contribution in [0.25, 0.3) is 5.76 Å². The van der Waals surface area contributed by atoms with Gasteiger partial charge in [0.1, 0.15) is 11.5 Å². The average molecular weight is 429 g/mol. The van der Waals surface area contributed by atoms with E-state index < -0.39 is 17.7 Å². The molecule has 1 aliphatic rings. The van der Waals surface area contributed by atoms with Crippen molar-refractivity contribution in [2.75, 3.05) is 34.3 Å². The molecule has 3 rings (SSSR count). The fourth-order valence-corrected chi connectivity index (χ4v) is 3.72. The highest BCUT2D eigenvalue weighted by molar-refractivity contribution is 6.46. The summed E-state index contributed by atoms with van der Waals surface area (Å²) in [7, 11) is 5.46. The first kappa shape index (κ1) is 21.9. The summed E-state index contributed by atoms with van der Waals surface area (Å²) in [6, 6.07) is 13.0. The SMILES string of the molecule is COc1cccc([C@@H]2/C(=C(\O)c3ccc(Cl)cc3)C(=O)C(=O)N2CCCN(C)C)c1. The number of hydrogen-bond acceptors (Lipinski definition) is 5. The summed E-state index contributed by atoms with van der Waals surface area (Å²) in [5.41, 5.74) is 1.20. The summed E-state index contributed by atoms with van der Waals surface area (Å²) in [5.74, 6) is -0.914. The number of carbonyl (C=O) groups is 2. The number of halogens is 1. The Morgan fingerprint density at radius 1 is 1.17 bits per heavy atom. The number of likely N-dealkylation sites (tertiary alicyclic amines) is 1. The van der Waals surface area contributed by atoms with Crippen LogP contribution in [0.15, 0.2) is 54.1 Å². The van der Waals surface area contributed by atoms with E-state index in [0.717, 1.165) is 6.54 Å². The summed E-state index contributed by atoms with van der Waals surface area (Å²) in [4.78, 5) is 29.4. The van der Waals surface area contributed by atoms with E-state index in [1.54, 1.807) is 49.6 Å². The molecule has 0 spiro atoms. The van der Waals surface area contributed by atoms with Crippen molar-refractivity contribution in [2.24, 2.45) is 0 Å². The van der Waals surface area contributed by atoms with Crippen molar-refractivity contribution in [3.63, 3.8) is 0 Å². The van der Waals surface area contributed by atoms with Crippen molar-refractivity contribution in [3.8, 4) is 5.75 Å². The van der Waals surface area contributed by atoms with Crippen LogP contribution in [0.5, 0.6) is 5.75 Å². The highest BCUT2D eigenvalue weighted by Gasteiger charge is 2.45. The number of aliphatic hydroxyl groups is 1. The fraction of sp³-hybridized carbons (Fsp3) is 0.304. The van der Waals surface area contributed by atoms with E-state index in [9.17, 15) is 14.7 Å². The van der Waals surface area contributed by atoms with Crippen LogP contribution in [-0.4, -0.2) is 60.9 Å². The molecule has 0 aliphatic carbocycles.